The van der Waals surface area contributed by atoms with Crippen LogP contribution in [0.4, 0.5) is 4.79 Å². The van der Waals surface area contributed by atoms with Gasteiger partial charge in [-0.05, 0) is 69.2 Å². The summed E-state index contributed by atoms with van der Waals surface area (Å²) < 4.78 is 11.3. The number of rotatable bonds is 11. The van der Waals surface area contributed by atoms with Crippen LogP contribution in [0.15, 0.2) is 18.2 Å². The molecule has 2 atom stereocenters. The van der Waals surface area contributed by atoms with E-state index >= 15 is 0 Å². The zero-order valence-electron chi connectivity index (χ0n) is 28.5. The van der Waals surface area contributed by atoms with Crippen molar-refractivity contribution in [3.63, 3.8) is 0 Å². The highest BCUT2D eigenvalue weighted by Gasteiger charge is 2.40. The number of hydrogen-bond donors (Lipinski definition) is 2. The van der Waals surface area contributed by atoms with E-state index in [9.17, 15) is 29.2 Å². The van der Waals surface area contributed by atoms with E-state index in [2.05, 4.69) is 21.7 Å². The molecule has 1 saturated carbocycles. The first-order valence-corrected chi connectivity index (χ1v) is 17.1. The Morgan fingerprint density at radius 2 is 1.71 bits per heavy atom. The molecule has 2 saturated heterocycles. The van der Waals surface area contributed by atoms with E-state index in [1.54, 1.807) is 9.80 Å². The number of piperazine rings is 1. The maximum absolute atomic E-state index is 13.4. The molecule has 14 heteroatoms. The van der Waals surface area contributed by atoms with Gasteiger partial charge in [-0.15, -0.1) is 0 Å². The first kappa shape index (κ1) is 35.4. The number of nitrogens with one attached hydrogen (secondary N) is 2. The third-order valence-electron chi connectivity index (χ3n) is 9.54. The van der Waals surface area contributed by atoms with Crippen LogP contribution in [0.2, 0.25) is 0 Å². The number of fused-ring (bicyclic) bond motifs is 1. The minimum Gasteiger partial charge on any atom is -0.483 e. The number of likely N-dealkylation sites (tertiary alicyclic amines) is 1. The Balaban J connectivity index is 1.22. The number of benzene rings is 1. The van der Waals surface area contributed by atoms with Crippen LogP contribution in [0, 0.1) is 31.1 Å². The summed E-state index contributed by atoms with van der Waals surface area (Å²) in [5.74, 6) is -1.78. The van der Waals surface area contributed by atoms with Crippen molar-refractivity contribution in [1.29, 1.82) is 5.26 Å². The summed E-state index contributed by atoms with van der Waals surface area (Å²) in [5.41, 5.74) is 2.40. The fraction of sp³-hybridized carbons (Fsp3) is 0.571. The molecule has 49 heavy (non-hydrogen) atoms. The van der Waals surface area contributed by atoms with Crippen LogP contribution >= 0.6 is 0 Å². The van der Waals surface area contributed by atoms with Crippen molar-refractivity contribution >= 4 is 40.6 Å². The summed E-state index contributed by atoms with van der Waals surface area (Å²) >= 11 is 0. The van der Waals surface area contributed by atoms with E-state index in [0.29, 0.717) is 43.7 Å². The fourth-order valence-corrected chi connectivity index (χ4v) is 6.11. The maximum atomic E-state index is 13.4. The molecule has 0 bridgehead atoms. The van der Waals surface area contributed by atoms with Crippen molar-refractivity contribution in [3.8, 4) is 11.8 Å². The Morgan fingerprint density at radius 1 is 1.00 bits per heavy atom. The van der Waals surface area contributed by atoms with Crippen molar-refractivity contribution in [2.45, 2.75) is 71.4 Å². The summed E-state index contributed by atoms with van der Waals surface area (Å²) in [4.78, 5) is 74.0. The number of pyridine rings is 1. The van der Waals surface area contributed by atoms with Gasteiger partial charge in [0.2, 0.25) is 11.8 Å². The molecule has 0 radical (unpaired) electrons. The van der Waals surface area contributed by atoms with Crippen LogP contribution in [0.1, 0.15) is 67.1 Å². The van der Waals surface area contributed by atoms with Gasteiger partial charge in [-0.25, -0.2) is 9.78 Å². The Labute approximate surface area is 286 Å². The Bertz CT molecular complexity index is 1630. The van der Waals surface area contributed by atoms with Crippen LogP contribution in [0.5, 0.6) is 5.75 Å². The molecule has 5 amide bonds. The van der Waals surface area contributed by atoms with E-state index in [1.807, 2.05) is 32.9 Å². The van der Waals surface area contributed by atoms with E-state index in [4.69, 9.17) is 9.47 Å². The molecule has 1 aliphatic carbocycles. The SMILES string of the molecule is CCCCOC(=O)N1CCN(C(=O)CNC(=O)c2cc(OCC(=O)N3C[C@H](C#N)C[C@H]3C(=O)NC3CCC3)c3cc(C)c(C)cc3n2)CC1. The summed E-state index contributed by atoms with van der Waals surface area (Å²) in [6, 6.07) is 6.68. The number of nitriles is 1. The molecule has 1 aromatic heterocycles. The summed E-state index contributed by atoms with van der Waals surface area (Å²) in [6.07, 6.45) is 4.47. The molecule has 3 fully saturated rings. The van der Waals surface area contributed by atoms with Gasteiger partial charge in [0.05, 0.1) is 30.7 Å². The molecule has 2 N–H and O–H groups in total. The highest BCUT2D eigenvalue weighted by molar-refractivity contribution is 5.99. The maximum Gasteiger partial charge on any atom is 0.409 e. The van der Waals surface area contributed by atoms with Crippen LogP contribution in [-0.2, 0) is 19.1 Å². The average Bonchev–Trinajstić information content (AvgIpc) is 3.53. The molecule has 3 aliphatic rings. The standard InChI is InChI=1S/C35H45N7O7/c1-4-5-13-48-35(47)41-11-9-40(10-12-41)31(43)19-37-33(45)28-17-30(26-14-22(2)23(3)15-27(26)39-28)49-21-32(44)42-20-24(18-36)16-29(42)34(46)38-25-7-6-8-25/h14-15,17,24-25,29H,4-13,16,19-21H2,1-3H3,(H,37,45)(H,38,46)/t24-,29-/m0/s1. The number of hydrogen-bond acceptors (Lipinski definition) is 9. The lowest BCUT2D eigenvalue weighted by Crippen LogP contribution is -2.52. The second-order valence-corrected chi connectivity index (χ2v) is 13.0. The second-order valence-electron chi connectivity index (χ2n) is 13.0. The van der Waals surface area contributed by atoms with Gasteiger partial charge in [-0.2, -0.15) is 5.26 Å². The van der Waals surface area contributed by atoms with E-state index in [0.717, 1.165) is 43.2 Å². The monoisotopic (exact) mass is 675 g/mol. The highest BCUT2D eigenvalue weighted by atomic mass is 16.6. The molecule has 0 spiro atoms. The predicted octanol–water partition coefficient (Wildman–Crippen LogP) is 2.45. The van der Waals surface area contributed by atoms with Gasteiger partial charge in [0, 0.05) is 50.2 Å². The van der Waals surface area contributed by atoms with Crippen molar-refractivity contribution in [2.24, 2.45) is 5.92 Å². The lowest BCUT2D eigenvalue weighted by Gasteiger charge is -2.34. The van der Waals surface area contributed by atoms with Gasteiger partial charge < -0.3 is 34.8 Å². The van der Waals surface area contributed by atoms with Crippen LogP contribution < -0.4 is 15.4 Å². The third kappa shape index (κ3) is 8.57. The van der Waals surface area contributed by atoms with Gasteiger partial charge in [-0.3, -0.25) is 19.2 Å². The van der Waals surface area contributed by atoms with E-state index in [1.165, 1.54) is 11.0 Å². The average molecular weight is 676 g/mol. The number of nitrogens with zero attached hydrogens (tertiary/aromatic N) is 5. The first-order chi connectivity index (χ1) is 23.6. The quantitative estimate of drug-likeness (QED) is 0.339. The van der Waals surface area contributed by atoms with Crippen LogP contribution in [0.3, 0.4) is 0 Å². The zero-order chi connectivity index (χ0) is 35.1. The second kappa shape index (κ2) is 16.0. The van der Waals surface area contributed by atoms with Gasteiger partial charge in [0.25, 0.3) is 11.8 Å². The van der Waals surface area contributed by atoms with E-state index in [-0.39, 0.29) is 54.9 Å². The molecular weight excluding hydrogens is 630 g/mol. The third-order valence-corrected chi connectivity index (χ3v) is 9.54. The molecule has 0 unspecified atom stereocenters. The number of amides is 5. The molecule has 5 rings (SSSR count). The Morgan fingerprint density at radius 3 is 2.39 bits per heavy atom. The van der Waals surface area contributed by atoms with E-state index < -0.39 is 30.4 Å². The predicted molar refractivity (Wildman–Crippen MR) is 178 cm³/mol. The molecule has 14 nitrogen and oxygen atoms in total. The van der Waals surface area contributed by atoms with Gasteiger partial charge in [-0.1, -0.05) is 13.3 Å². The molecule has 2 aliphatic heterocycles. The van der Waals surface area contributed by atoms with Gasteiger partial charge >= 0.3 is 6.09 Å². The number of aryl methyl sites for hydroxylation is 2. The number of ether oxygens (including phenoxy) is 2. The first-order valence-electron chi connectivity index (χ1n) is 17.1. The van der Waals surface area contributed by atoms with Crippen molar-refractivity contribution in [3.05, 3.63) is 35.0 Å². The minimum absolute atomic E-state index is 0.00844. The van der Waals surface area contributed by atoms with Crippen LogP contribution in [-0.4, -0.2) is 114 Å². The topological polar surface area (TPSA) is 174 Å². The molecule has 1 aromatic carbocycles. The normalized spacial score (nSPS) is 19.2. The molecule has 3 heterocycles. The molecule has 2 aromatic rings. The Kier molecular flexibility index (Phi) is 11.5. The lowest BCUT2D eigenvalue weighted by molar-refractivity contribution is -0.140. The molecule has 262 valence electrons. The minimum atomic E-state index is -0.748. The van der Waals surface area contributed by atoms with Crippen molar-refractivity contribution in [2.75, 3.05) is 52.5 Å². The van der Waals surface area contributed by atoms with Crippen LogP contribution in [0.25, 0.3) is 10.9 Å². The zero-order valence-corrected chi connectivity index (χ0v) is 28.5. The number of unbranched alkanes of at least 4 members (excludes halogenated alkanes) is 1. The molecular formula is C35H45N7O7. The van der Waals surface area contributed by atoms with Gasteiger partial charge in [0.1, 0.15) is 17.5 Å². The lowest BCUT2D eigenvalue weighted by atomic mass is 9.92. The largest absolute Gasteiger partial charge is 0.483 e. The highest BCUT2D eigenvalue weighted by Crippen LogP contribution is 2.30. The summed E-state index contributed by atoms with van der Waals surface area (Å²) in [5, 5.41) is 15.8. The number of carbonyl (C=O) groups is 5. The number of aromatic nitrogens is 1. The smallest absolute Gasteiger partial charge is 0.409 e. The van der Waals surface area contributed by atoms with Crippen molar-refractivity contribution in [1.82, 2.24) is 30.3 Å². The van der Waals surface area contributed by atoms with Crippen molar-refractivity contribution < 1.29 is 33.4 Å². The summed E-state index contributed by atoms with van der Waals surface area (Å²) in [6.45, 7) is 7.04. The van der Waals surface area contributed by atoms with Gasteiger partial charge in [0.15, 0.2) is 6.61 Å². The fourth-order valence-electron chi connectivity index (χ4n) is 6.11. The Hall–Kier alpha value is -4.93. The number of carbonyl (C=O) groups excluding carboxylic acids is 5. The summed E-state index contributed by atoms with van der Waals surface area (Å²) in [7, 11) is 0.